The minimum absolute atomic E-state index is 0.00843. The Morgan fingerprint density at radius 1 is 1.02 bits per heavy atom. The molecule has 5 heterocycles. The lowest BCUT2D eigenvalue weighted by Crippen LogP contribution is -2.52. The number of phenols is 1. The third-order valence-electron chi connectivity index (χ3n) is 13.1. The van der Waals surface area contributed by atoms with E-state index >= 15 is 0 Å². The van der Waals surface area contributed by atoms with E-state index in [9.17, 15) is 19.8 Å². The summed E-state index contributed by atoms with van der Waals surface area (Å²) in [5, 5.41) is 39.3. The van der Waals surface area contributed by atoms with Gasteiger partial charge in [0.15, 0.2) is 8.32 Å². The van der Waals surface area contributed by atoms with Crippen LogP contribution in [0.25, 0.3) is 21.9 Å². The van der Waals surface area contributed by atoms with E-state index < -0.39 is 19.9 Å². The van der Waals surface area contributed by atoms with Gasteiger partial charge in [-0.3, -0.25) is 4.79 Å². The molecule has 1 aliphatic heterocycles. The first kappa shape index (κ1) is 42.5. The van der Waals surface area contributed by atoms with Crippen molar-refractivity contribution in [3.8, 4) is 5.75 Å². The fourth-order valence-corrected chi connectivity index (χ4v) is 11.5. The number of carbonyl (C=O) groups excluding carboxylic acids is 1. The number of hydrogen-bond acceptors (Lipinski definition) is 12. The number of nitrogens with one attached hydrogen (secondary N) is 2. The Labute approximate surface area is 359 Å². The molecule has 0 unspecified atom stereocenters. The molecule has 15 heteroatoms. The highest BCUT2D eigenvalue weighted by Gasteiger charge is 2.51. The summed E-state index contributed by atoms with van der Waals surface area (Å²) in [6, 6.07) is 20.4. The van der Waals surface area contributed by atoms with Crippen molar-refractivity contribution in [2.75, 3.05) is 26.2 Å². The highest BCUT2D eigenvalue weighted by Crippen LogP contribution is 2.51. The highest BCUT2D eigenvalue weighted by atomic mass is 32.1. The molecule has 6 aromatic rings. The van der Waals surface area contributed by atoms with Crippen molar-refractivity contribution in [1.29, 1.82) is 0 Å². The summed E-state index contributed by atoms with van der Waals surface area (Å²) in [5.41, 5.74) is 2.50. The summed E-state index contributed by atoms with van der Waals surface area (Å²) < 4.78 is 14.9. The van der Waals surface area contributed by atoms with Gasteiger partial charge in [0.2, 0.25) is 11.2 Å². The van der Waals surface area contributed by atoms with Gasteiger partial charge in [0.05, 0.1) is 26.9 Å². The average molecular weight is 869 g/mol. The van der Waals surface area contributed by atoms with Gasteiger partial charge < -0.3 is 34.6 Å². The number of rotatable bonds is 15. The van der Waals surface area contributed by atoms with Gasteiger partial charge in [-0.15, -0.1) is 27.8 Å². The second kappa shape index (κ2) is 16.9. The van der Waals surface area contributed by atoms with E-state index in [2.05, 4.69) is 77.6 Å². The van der Waals surface area contributed by atoms with Crippen LogP contribution in [0.3, 0.4) is 0 Å². The molecule has 12 nitrogen and oxygen atoms in total. The van der Waals surface area contributed by atoms with E-state index in [4.69, 9.17) is 9.16 Å². The molecule has 0 bridgehead atoms. The lowest BCUT2D eigenvalue weighted by Gasteiger charge is -2.51. The largest absolute Gasteiger partial charge is 0.506 e. The van der Waals surface area contributed by atoms with Gasteiger partial charge >= 0.3 is 5.97 Å². The number of aromatic hydroxyl groups is 1. The van der Waals surface area contributed by atoms with Crippen LogP contribution in [-0.4, -0.2) is 81.7 Å². The monoisotopic (exact) mass is 868 g/mol. The first-order valence-corrected chi connectivity index (χ1v) is 25.6. The molecule has 8 rings (SSSR count). The number of ether oxygens (including phenoxy) is 1. The topological polar surface area (TPSA) is 155 Å². The number of likely N-dealkylation sites (tertiary alicyclic amines) is 1. The molecule has 4 aromatic heterocycles. The number of pyridine rings is 1. The fraction of sp³-hybridized carbons (Fsp3) is 0.467. The number of H-pyrrole nitrogens is 1. The van der Waals surface area contributed by atoms with Gasteiger partial charge in [-0.05, 0) is 134 Å². The lowest BCUT2D eigenvalue weighted by atomic mass is 9.61. The third-order valence-corrected chi connectivity index (χ3v) is 19.6. The second-order valence-electron chi connectivity index (χ2n) is 18.2. The van der Waals surface area contributed by atoms with Crippen molar-refractivity contribution < 1.29 is 24.2 Å². The third kappa shape index (κ3) is 8.63. The predicted octanol–water partition coefficient (Wildman–Crippen LogP) is 8.07. The van der Waals surface area contributed by atoms with Crippen molar-refractivity contribution in [2.45, 2.75) is 102 Å². The van der Waals surface area contributed by atoms with E-state index in [1.807, 2.05) is 33.6 Å². The maximum absolute atomic E-state index is 13.4. The number of aromatic nitrogens is 4. The van der Waals surface area contributed by atoms with Crippen molar-refractivity contribution in [1.82, 2.24) is 30.2 Å². The Morgan fingerprint density at radius 2 is 1.73 bits per heavy atom. The Morgan fingerprint density at radius 3 is 2.40 bits per heavy atom. The predicted molar refractivity (Wildman–Crippen MR) is 240 cm³/mol. The Balaban J connectivity index is 0.816. The van der Waals surface area contributed by atoms with Gasteiger partial charge in [-0.2, -0.15) is 0 Å². The zero-order valence-electron chi connectivity index (χ0n) is 35.1. The molecule has 2 fully saturated rings. The molecule has 318 valence electrons. The normalized spacial score (nSPS) is 17.0. The summed E-state index contributed by atoms with van der Waals surface area (Å²) in [6.07, 6.45) is 4.37. The van der Waals surface area contributed by atoms with E-state index in [1.54, 1.807) is 24.3 Å². The van der Waals surface area contributed by atoms with E-state index in [0.717, 1.165) is 85.8 Å². The number of benzene rings is 2. The van der Waals surface area contributed by atoms with Gasteiger partial charge in [-0.25, -0.2) is 9.48 Å². The molecule has 0 radical (unpaired) electrons. The zero-order valence-corrected chi connectivity index (χ0v) is 37.7. The molecule has 1 aliphatic carbocycles. The highest BCUT2D eigenvalue weighted by molar-refractivity contribution is 7.12. The molecule has 2 aromatic carbocycles. The molecule has 2 aliphatic rings. The smallest absolute Gasteiger partial charge is 0.349 e. The summed E-state index contributed by atoms with van der Waals surface area (Å²) in [6.45, 7) is 16.1. The van der Waals surface area contributed by atoms with Crippen molar-refractivity contribution in [3.05, 3.63) is 109 Å². The minimum atomic E-state index is -2.20. The first-order valence-electron chi connectivity index (χ1n) is 20.9. The summed E-state index contributed by atoms with van der Waals surface area (Å²) >= 11 is 2.73. The van der Waals surface area contributed by atoms with Gasteiger partial charge in [-0.1, -0.05) is 50.3 Å². The van der Waals surface area contributed by atoms with Crippen LogP contribution in [0.15, 0.2) is 82.3 Å². The first-order chi connectivity index (χ1) is 28.6. The summed E-state index contributed by atoms with van der Waals surface area (Å²) in [4.78, 5) is 32.0. The molecule has 1 saturated carbocycles. The van der Waals surface area contributed by atoms with Crippen LogP contribution in [0.5, 0.6) is 5.75 Å². The quantitative estimate of drug-likeness (QED) is 0.0589. The molecule has 1 spiro atoms. The standard InChI is InChI=1S/C45H56N6O6S2Si/c1-43(2,3)60(4,5)57-37(32-12-15-36(52)41-33(32)13-16-40(53)47-41)29-46-28-30-11-14-35-34(25-30)48-49-51(35)20-8-19-50-21-17-44(18-22-50)26-31(27-44)56-42(54)45(55,38-9-6-23-58-38)39-10-7-24-59-39/h6-7,9-16,23-25,31,37,46,52,55H,8,17-22,26-29H2,1-5H3,(H,47,53)/t37-/m0/s1. The second-order valence-corrected chi connectivity index (χ2v) is 24.9. The number of hydrogen-bond donors (Lipinski definition) is 4. The number of aryl methyl sites for hydroxylation is 1. The SMILES string of the molecule is CC(C)(C)[Si](C)(C)O[C@@H](CNCc1ccc2c(c1)nnn2CCCN1CCC2(CC1)CC(OC(=O)C(O)(c1cccs1)c1cccs1)C2)c1ccc(O)c2[nH]c(=O)ccc12. The van der Waals surface area contributed by atoms with Crippen molar-refractivity contribution >= 4 is 58.9 Å². The van der Waals surface area contributed by atoms with Crippen LogP contribution >= 0.6 is 22.7 Å². The maximum Gasteiger partial charge on any atom is 0.349 e. The van der Waals surface area contributed by atoms with Crippen molar-refractivity contribution in [3.63, 3.8) is 0 Å². The van der Waals surface area contributed by atoms with Crippen LogP contribution in [0, 0.1) is 5.41 Å². The Bertz CT molecular complexity index is 2440. The number of carbonyl (C=O) groups is 1. The minimum Gasteiger partial charge on any atom is -0.506 e. The molecule has 60 heavy (non-hydrogen) atoms. The number of phenolic OH excluding ortho intramolecular Hbond substituents is 1. The van der Waals surface area contributed by atoms with E-state index in [-0.39, 0.29) is 34.0 Å². The van der Waals surface area contributed by atoms with E-state index in [0.29, 0.717) is 28.4 Å². The molecule has 0 amide bonds. The number of fused-ring (bicyclic) bond motifs is 2. The van der Waals surface area contributed by atoms with Gasteiger partial charge in [0.1, 0.15) is 17.4 Å². The van der Waals surface area contributed by atoms with E-state index in [1.165, 1.54) is 28.7 Å². The number of thiophene rings is 2. The van der Waals surface area contributed by atoms with Crippen LogP contribution in [-0.2, 0) is 32.6 Å². The molecule has 1 atom stereocenters. The van der Waals surface area contributed by atoms with Crippen LogP contribution in [0.4, 0.5) is 0 Å². The maximum atomic E-state index is 13.4. The van der Waals surface area contributed by atoms with Crippen LogP contribution in [0.2, 0.25) is 18.1 Å². The molecule has 1 saturated heterocycles. The number of nitrogens with zero attached hydrogens (tertiary/aromatic N) is 4. The zero-order chi connectivity index (χ0) is 42.3. The van der Waals surface area contributed by atoms with Crippen LogP contribution < -0.4 is 10.9 Å². The van der Waals surface area contributed by atoms with Crippen molar-refractivity contribution in [2.24, 2.45) is 5.41 Å². The number of aromatic amines is 1. The Hall–Kier alpha value is -4.22. The molecular formula is C45H56N6O6S2Si. The number of piperidine rings is 1. The fourth-order valence-electron chi connectivity index (χ4n) is 8.55. The van der Waals surface area contributed by atoms with Gasteiger partial charge in [0.25, 0.3) is 0 Å². The number of esters is 1. The van der Waals surface area contributed by atoms with Crippen LogP contribution in [0.1, 0.15) is 79.9 Å². The summed E-state index contributed by atoms with van der Waals surface area (Å²) in [7, 11) is -2.20. The van der Waals surface area contributed by atoms with Gasteiger partial charge in [0, 0.05) is 31.1 Å². The average Bonchev–Trinajstić information content (AvgIpc) is 4.01. The Kier molecular flexibility index (Phi) is 12.0. The molecule has 4 N–H and O–H groups in total. The number of aliphatic hydroxyl groups is 1. The lowest BCUT2D eigenvalue weighted by molar-refractivity contribution is -0.181. The molecular weight excluding hydrogens is 813 g/mol. The summed E-state index contributed by atoms with van der Waals surface area (Å²) in [5.74, 6) is -0.538.